The molecule has 1 nitrogen and oxygen atoms in total. The van der Waals surface area contributed by atoms with E-state index in [1.807, 2.05) is 2.45 Å². The number of hydrogen-bond donors (Lipinski definition) is 0. The maximum absolute atomic E-state index is 2.65. The number of unbranched alkanes of at least 4 members (excludes halogenated alkanes) is 3. The molecule has 0 amide bonds. The van der Waals surface area contributed by atoms with E-state index in [2.05, 4.69) is 86.3 Å². The third-order valence-corrected chi connectivity index (χ3v) is 34.2. The van der Waals surface area contributed by atoms with Crippen molar-refractivity contribution in [2.75, 3.05) is 4.90 Å². The number of rotatable bonds is 11. The summed E-state index contributed by atoms with van der Waals surface area (Å²) in [7, 11) is 0. The van der Waals surface area contributed by atoms with Crippen molar-refractivity contribution < 1.29 is 0 Å². The molecular formula is C28H37NSeSnTe. The maximum atomic E-state index is 2.65. The van der Waals surface area contributed by atoms with Gasteiger partial charge in [0.05, 0.1) is 0 Å². The average Bonchev–Trinajstić information content (AvgIpc) is 3.32. The van der Waals surface area contributed by atoms with Crippen LogP contribution >= 0.6 is 0 Å². The van der Waals surface area contributed by atoms with E-state index in [1.165, 1.54) is 49.9 Å². The van der Waals surface area contributed by atoms with Crippen molar-refractivity contribution in [2.24, 2.45) is 0 Å². The van der Waals surface area contributed by atoms with Crippen LogP contribution in [-0.2, 0) is 0 Å². The molecule has 1 aliphatic rings. The summed E-state index contributed by atoms with van der Waals surface area (Å²) < 4.78 is 11.5. The van der Waals surface area contributed by atoms with Crippen molar-refractivity contribution in [3.05, 3.63) is 60.7 Å². The second-order valence-electron chi connectivity index (χ2n) is 9.10. The van der Waals surface area contributed by atoms with Crippen molar-refractivity contribution in [1.82, 2.24) is 0 Å². The molecule has 0 radical (unpaired) electrons. The second-order valence-corrected chi connectivity index (χ2v) is 29.9. The minimum atomic E-state index is -2.33. The van der Waals surface area contributed by atoms with Gasteiger partial charge in [-0.2, -0.15) is 0 Å². The fraction of sp³-hybridized carbons (Fsp3) is 0.429. The summed E-state index contributed by atoms with van der Waals surface area (Å²) in [5.41, 5.74) is 2.93. The van der Waals surface area contributed by atoms with Crippen LogP contribution in [0.15, 0.2) is 60.7 Å². The zero-order valence-corrected chi connectivity index (χ0v) is 26.8. The molecule has 32 heavy (non-hydrogen) atoms. The van der Waals surface area contributed by atoms with Gasteiger partial charge in [0.15, 0.2) is 0 Å². The van der Waals surface area contributed by atoms with Gasteiger partial charge in [-0.1, -0.05) is 0 Å². The van der Waals surface area contributed by atoms with Gasteiger partial charge >= 0.3 is 218 Å². The number of nitrogens with zero attached hydrogens (tertiary/aromatic N) is 1. The molecule has 4 heteroatoms. The number of fused-ring (bicyclic) bond motifs is 2. The van der Waals surface area contributed by atoms with Crippen LogP contribution in [0.2, 0.25) is 13.3 Å². The minimum absolute atomic E-state index is 0.301. The topological polar surface area (TPSA) is 3.24 Å². The Bertz CT molecular complexity index is 947. The zero-order chi connectivity index (χ0) is 22.4. The van der Waals surface area contributed by atoms with Gasteiger partial charge in [0.2, 0.25) is 0 Å². The van der Waals surface area contributed by atoms with Crippen LogP contribution in [0.4, 0.5) is 15.9 Å². The van der Waals surface area contributed by atoms with Crippen LogP contribution in [0, 0.1) is 0 Å². The Balaban J connectivity index is 1.76. The summed E-state index contributed by atoms with van der Waals surface area (Å²) in [6.45, 7) is 7.16. The van der Waals surface area contributed by atoms with E-state index in [1.54, 1.807) is 25.1 Å². The van der Waals surface area contributed by atoms with Gasteiger partial charge in [-0.3, -0.25) is 0 Å². The van der Waals surface area contributed by atoms with E-state index in [9.17, 15) is 0 Å². The molecule has 0 fully saturated rings. The summed E-state index contributed by atoms with van der Waals surface area (Å²) in [5.74, 6) is 0. The number of hydrogen-bond acceptors (Lipinski definition) is 1. The van der Waals surface area contributed by atoms with Crippen molar-refractivity contribution in [3.8, 4) is 0 Å². The van der Waals surface area contributed by atoms with Gasteiger partial charge < -0.3 is 0 Å². The van der Waals surface area contributed by atoms with Crippen LogP contribution in [-0.4, -0.2) is 53.8 Å². The Morgan fingerprint density at radius 3 is 1.69 bits per heavy atom. The molecule has 0 saturated carbocycles. The first-order valence-electron chi connectivity index (χ1n) is 12.5. The molecule has 0 aliphatic carbocycles. The molecule has 170 valence electrons. The van der Waals surface area contributed by atoms with Gasteiger partial charge in [-0.15, -0.1) is 0 Å². The quantitative estimate of drug-likeness (QED) is 0.167. The van der Waals surface area contributed by atoms with Gasteiger partial charge in [0.25, 0.3) is 0 Å². The third kappa shape index (κ3) is 5.39. The molecule has 0 unspecified atom stereocenters. The zero-order valence-electron chi connectivity index (χ0n) is 19.9. The molecule has 1 aliphatic heterocycles. The van der Waals surface area contributed by atoms with Crippen LogP contribution in [0.5, 0.6) is 0 Å². The number of anilines is 3. The van der Waals surface area contributed by atoms with E-state index in [0.29, 0.717) is 14.5 Å². The normalized spacial score (nSPS) is 13.2. The van der Waals surface area contributed by atoms with Gasteiger partial charge in [-0.05, 0) is 0 Å². The van der Waals surface area contributed by atoms with E-state index in [4.69, 9.17) is 0 Å². The first-order valence-corrected chi connectivity index (χ1v) is 24.0. The number of para-hydroxylation sites is 2. The van der Waals surface area contributed by atoms with Crippen molar-refractivity contribution in [3.63, 3.8) is 0 Å². The predicted octanol–water partition coefficient (Wildman–Crippen LogP) is 6.24. The summed E-state index contributed by atoms with van der Waals surface area (Å²) in [6, 6.07) is 23.6. The third-order valence-electron chi connectivity index (χ3n) is 6.79. The fourth-order valence-electron chi connectivity index (χ4n) is 4.97. The molecule has 1 aromatic heterocycles. The molecule has 0 atom stereocenters. The van der Waals surface area contributed by atoms with E-state index < -0.39 is 18.4 Å². The standard InChI is InChI=1S/C16H10NSeTe.3C4H9.Sn/c1-3-8-14-12(6-1)17(16-10-5-11-18-16)13-7-2-4-9-15(13)19-14;3*1-3-4-2;/h1-10H;3*1,3-4H2,2H3;. The molecule has 4 rings (SSSR count). The Labute approximate surface area is 215 Å². The Morgan fingerprint density at radius 1 is 0.688 bits per heavy atom. The average molecular weight is 713 g/mol. The van der Waals surface area contributed by atoms with Gasteiger partial charge in [-0.25, -0.2) is 0 Å². The monoisotopic (exact) mass is 717 g/mol. The Hall–Kier alpha value is -0.172. The van der Waals surface area contributed by atoms with Gasteiger partial charge in [0.1, 0.15) is 0 Å². The Kier molecular flexibility index (Phi) is 9.34. The molecule has 0 bridgehead atoms. The van der Waals surface area contributed by atoms with Crippen LogP contribution < -0.4 is 14.6 Å². The predicted molar refractivity (Wildman–Crippen MR) is 148 cm³/mol. The number of benzene rings is 2. The molecule has 0 N–H and O–H groups in total. The summed E-state index contributed by atoms with van der Waals surface area (Å²) >= 11 is -2.14. The fourth-order valence-corrected chi connectivity index (χ4v) is 33.5. The first-order chi connectivity index (χ1) is 15.7. The van der Waals surface area contributed by atoms with Crippen LogP contribution in [0.25, 0.3) is 0 Å². The van der Waals surface area contributed by atoms with E-state index >= 15 is 0 Å². The summed E-state index contributed by atoms with van der Waals surface area (Å²) in [6.07, 6.45) is 8.42. The van der Waals surface area contributed by atoms with E-state index in [0.717, 1.165) is 0 Å². The van der Waals surface area contributed by atoms with E-state index in [-0.39, 0.29) is 20.9 Å². The molecule has 0 spiro atoms. The van der Waals surface area contributed by atoms with Crippen LogP contribution in [0.3, 0.4) is 0 Å². The van der Waals surface area contributed by atoms with Crippen molar-refractivity contribution in [2.45, 2.75) is 72.6 Å². The van der Waals surface area contributed by atoms with Crippen molar-refractivity contribution >= 4 is 79.4 Å². The van der Waals surface area contributed by atoms with Crippen LogP contribution in [0.1, 0.15) is 59.3 Å². The molecular weight excluding hydrogens is 676 g/mol. The molecule has 0 saturated heterocycles. The summed E-state index contributed by atoms with van der Waals surface area (Å²) in [4.78, 5) is 2.65. The first kappa shape index (κ1) is 24.9. The second kappa shape index (κ2) is 12.0. The molecule has 2 heterocycles. The Morgan fingerprint density at radius 2 is 1.19 bits per heavy atom. The SMILES string of the molecule is CCC[CH2][Sn]([CH2]CCC)([CH2]CCC)[c]1ccc(N2c3ccccc3[Te]c3ccccc32)[se]1. The molecule has 2 aromatic carbocycles. The summed E-state index contributed by atoms with van der Waals surface area (Å²) in [5, 5.41) is 0. The molecule has 3 aromatic rings. The van der Waals surface area contributed by atoms with Gasteiger partial charge in [0, 0.05) is 0 Å². The van der Waals surface area contributed by atoms with Crippen molar-refractivity contribution in [1.29, 1.82) is 0 Å².